The summed E-state index contributed by atoms with van der Waals surface area (Å²) in [5.41, 5.74) is 1.11. The number of rotatable bonds is 3. The first kappa shape index (κ1) is 12.1. The Bertz CT molecular complexity index is 361. The van der Waals surface area contributed by atoms with Crippen molar-refractivity contribution in [1.82, 2.24) is 10.6 Å². The Morgan fingerprint density at radius 2 is 2.24 bits per heavy atom. The average Bonchev–Trinajstić information content (AvgIpc) is 2.40. The zero-order chi connectivity index (χ0) is 12.1. The predicted octanol–water partition coefficient (Wildman–Crippen LogP) is 0.852. The largest absolute Gasteiger partial charge is 0.378 e. The predicted molar refractivity (Wildman–Crippen MR) is 65.6 cm³/mol. The van der Waals surface area contributed by atoms with Gasteiger partial charge in [-0.15, -0.1) is 0 Å². The molecule has 1 aliphatic heterocycles. The molecule has 2 rings (SSSR count). The van der Waals surface area contributed by atoms with E-state index >= 15 is 0 Å². The van der Waals surface area contributed by atoms with E-state index in [2.05, 4.69) is 10.6 Å². The first-order chi connectivity index (χ1) is 8.27. The molecule has 0 spiro atoms. The summed E-state index contributed by atoms with van der Waals surface area (Å²) in [4.78, 5) is 11.9. The number of carbonyl (C=O) groups excluding carboxylic acids is 1. The van der Waals surface area contributed by atoms with Crippen molar-refractivity contribution in [2.45, 2.75) is 19.0 Å². The quantitative estimate of drug-likeness (QED) is 0.815. The summed E-state index contributed by atoms with van der Waals surface area (Å²) in [6.45, 7) is 3.85. The topological polar surface area (TPSA) is 50.4 Å². The molecule has 0 saturated carbocycles. The highest BCUT2D eigenvalue weighted by Crippen LogP contribution is 2.11. The molecule has 2 N–H and O–H groups in total. The maximum Gasteiger partial charge on any atom is 0.240 e. The Kier molecular flexibility index (Phi) is 4.12. The average molecular weight is 234 g/mol. The van der Waals surface area contributed by atoms with E-state index in [0.29, 0.717) is 13.2 Å². The van der Waals surface area contributed by atoms with Crippen LogP contribution in [0.15, 0.2) is 30.3 Å². The first-order valence-corrected chi connectivity index (χ1v) is 5.94. The zero-order valence-electron chi connectivity index (χ0n) is 9.98. The van der Waals surface area contributed by atoms with E-state index in [0.717, 1.165) is 12.1 Å². The molecule has 1 fully saturated rings. The summed E-state index contributed by atoms with van der Waals surface area (Å²) in [6, 6.07) is 9.72. The van der Waals surface area contributed by atoms with E-state index in [4.69, 9.17) is 4.74 Å². The third-order valence-corrected chi connectivity index (χ3v) is 2.90. The van der Waals surface area contributed by atoms with Crippen molar-refractivity contribution < 1.29 is 9.53 Å². The van der Waals surface area contributed by atoms with E-state index in [9.17, 15) is 4.79 Å². The number of nitrogens with one attached hydrogen (secondary N) is 2. The molecule has 1 amide bonds. The highest BCUT2D eigenvalue weighted by Gasteiger charge is 2.22. The van der Waals surface area contributed by atoms with Crippen LogP contribution >= 0.6 is 0 Å². The smallest absolute Gasteiger partial charge is 0.240 e. The maximum absolute atomic E-state index is 11.9. The van der Waals surface area contributed by atoms with E-state index in [-0.39, 0.29) is 18.0 Å². The number of amides is 1. The second kappa shape index (κ2) is 5.80. The number of benzene rings is 1. The molecule has 1 heterocycles. The fourth-order valence-electron chi connectivity index (χ4n) is 1.87. The van der Waals surface area contributed by atoms with Gasteiger partial charge < -0.3 is 15.4 Å². The van der Waals surface area contributed by atoms with E-state index in [1.807, 2.05) is 37.3 Å². The van der Waals surface area contributed by atoms with Crippen LogP contribution in [-0.2, 0) is 9.53 Å². The molecule has 0 aliphatic carbocycles. The van der Waals surface area contributed by atoms with Gasteiger partial charge in [-0.2, -0.15) is 0 Å². The van der Waals surface area contributed by atoms with Crippen molar-refractivity contribution in [3.8, 4) is 0 Å². The standard InChI is InChI=1S/C13H18N2O2/c1-10(11-5-3-2-4-6-11)15-13(16)12-9-17-8-7-14-12/h2-6,10,12,14H,7-9H2,1H3,(H,15,16)/t10-,12?/m0/s1. The fraction of sp³-hybridized carbons (Fsp3) is 0.462. The summed E-state index contributed by atoms with van der Waals surface area (Å²) in [7, 11) is 0. The van der Waals surface area contributed by atoms with Gasteiger partial charge >= 0.3 is 0 Å². The monoisotopic (exact) mass is 234 g/mol. The molecule has 1 unspecified atom stereocenters. The van der Waals surface area contributed by atoms with Gasteiger partial charge in [0, 0.05) is 6.54 Å². The van der Waals surface area contributed by atoms with Crippen LogP contribution in [-0.4, -0.2) is 31.7 Å². The van der Waals surface area contributed by atoms with Gasteiger partial charge in [0.25, 0.3) is 0 Å². The van der Waals surface area contributed by atoms with Crippen LogP contribution in [0.5, 0.6) is 0 Å². The SMILES string of the molecule is C[C@H](NC(=O)C1COCCN1)c1ccccc1. The molecule has 2 atom stereocenters. The number of hydrogen-bond donors (Lipinski definition) is 2. The Balaban J connectivity index is 1.89. The molecule has 1 saturated heterocycles. The summed E-state index contributed by atoms with van der Waals surface area (Å²) >= 11 is 0. The van der Waals surface area contributed by atoms with Crippen molar-refractivity contribution in [3.63, 3.8) is 0 Å². The van der Waals surface area contributed by atoms with Crippen LogP contribution in [0.1, 0.15) is 18.5 Å². The van der Waals surface area contributed by atoms with Crippen LogP contribution in [0.2, 0.25) is 0 Å². The van der Waals surface area contributed by atoms with Crippen molar-refractivity contribution >= 4 is 5.91 Å². The maximum atomic E-state index is 11.9. The van der Waals surface area contributed by atoms with Gasteiger partial charge in [-0.25, -0.2) is 0 Å². The fourth-order valence-corrected chi connectivity index (χ4v) is 1.87. The summed E-state index contributed by atoms with van der Waals surface area (Å²) in [5, 5.41) is 6.12. The lowest BCUT2D eigenvalue weighted by Crippen LogP contribution is -2.51. The summed E-state index contributed by atoms with van der Waals surface area (Å²) in [6.07, 6.45) is 0. The molecular weight excluding hydrogens is 216 g/mol. The Morgan fingerprint density at radius 3 is 2.88 bits per heavy atom. The number of morpholine rings is 1. The number of carbonyl (C=O) groups is 1. The van der Waals surface area contributed by atoms with Crippen LogP contribution in [0.3, 0.4) is 0 Å². The number of ether oxygens (including phenoxy) is 1. The van der Waals surface area contributed by atoms with Crippen LogP contribution < -0.4 is 10.6 Å². The molecule has 1 aliphatic rings. The zero-order valence-corrected chi connectivity index (χ0v) is 9.98. The van der Waals surface area contributed by atoms with E-state index in [1.165, 1.54) is 0 Å². The molecule has 0 aromatic heterocycles. The minimum Gasteiger partial charge on any atom is -0.378 e. The summed E-state index contributed by atoms with van der Waals surface area (Å²) < 4.78 is 5.27. The second-order valence-electron chi connectivity index (χ2n) is 4.22. The van der Waals surface area contributed by atoms with E-state index < -0.39 is 0 Å². The third kappa shape index (κ3) is 3.28. The molecule has 0 radical (unpaired) electrons. The Labute approximate surface area is 101 Å². The molecular formula is C13H18N2O2. The number of hydrogen-bond acceptors (Lipinski definition) is 3. The van der Waals surface area contributed by atoms with Crippen LogP contribution in [0.4, 0.5) is 0 Å². The van der Waals surface area contributed by atoms with Crippen molar-refractivity contribution in [3.05, 3.63) is 35.9 Å². The van der Waals surface area contributed by atoms with Crippen molar-refractivity contribution in [2.24, 2.45) is 0 Å². The van der Waals surface area contributed by atoms with Crippen molar-refractivity contribution in [2.75, 3.05) is 19.8 Å². The minimum atomic E-state index is -0.227. The summed E-state index contributed by atoms with van der Waals surface area (Å²) in [5.74, 6) is 0.000975. The molecule has 17 heavy (non-hydrogen) atoms. The van der Waals surface area contributed by atoms with Gasteiger partial charge in [0.05, 0.1) is 19.3 Å². The Hall–Kier alpha value is -1.39. The van der Waals surface area contributed by atoms with Crippen LogP contribution in [0, 0.1) is 0 Å². The lowest BCUT2D eigenvalue weighted by molar-refractivity contribution is -0.126. The second-order valence-corrected chi connectivity index (χ2v) is 4.22. The van der Waals surface area contributed by atoms with Crippen molar-refractivity contribution in [1.29, 1.82) is 0 Å². The lowest BCUT2D eigenvalue weighted by atomic mass is 10.1. The minimum absolute atomic E-state index is 0.000975. The van der Waals surface area contributed by atoms with Gasteiger partial charge in [-0.1, -0.05) is 30.3 Å². The lowest BCUT2D eigenvalue weighted by Gasteiger charge is -2.24. The van der Waals surface area contributed by atoms with Gasteiger partial charge in [-0.3, -0.25) is 4.79 Å². The molecule has 1 aromatic rings. The molecule has 1 aromatic carbocycles. The highest BCUT2D eigenvalue weighted by molar-refractivity contribution is 5.82. The van der Waals surface area contributed by atoms with E-state index in [1.54, 1.807) is 0 Å². The van der Waals surface area contributed by atoms with Gasteiger partial charge in [-0.05, 0) is 12.5 Å². The highest BCUT2D eigenvalue weighted by atomic mass is 16.5. The molecule has 0 bridgehead atoms. The first-order valence-electron chi connectivity index (χ1n) is 5.94. The Morgan fingerprint density at radius 1 is 1.47 bits per heavy atom. The molecule has 4 heteroatoms. The third-order valence-electron chi connectivity index (χ3n) is 2.90. The van der Waals surface area contributed by atoms with Crippen LogP contribution in [0.25, 0.3) is 0 Å². The molecule has 92 valence electrons. The molecule has 4 nitrogen and oxygen atoms in total. The van der Waals surface area contributed by atoms with Gasteiger partial charge in [0.2, 0.25) is 5.91 Å². The normalized spacial score (nSPS) is 21.8. The van der Waals surface area contributed by atoms with Gasteiger partial charge in [0.1, 0.15) is 6.04 Å². The van der Waals surface area contributed by atoms with Gasteiger partial charge in [0.15, 0.2) is 0 Å².